The number of aromatic nitrogens is 3. The second kappa shape index (κ2) is 5.91. The van der Waals surface area contributed by atoms with Crippen LogP contribution < -0.4 is 5.32 Å². The van der Waals surface area contributed by atoms with Crippen molar-refractivity contribution in [2.24, 2.45) is 0 Å². The zero-order valence-corrected chi connectivity index (χ0v) is 12.9. The van der Waals surface area contributed by atoms with Gasteiger partial charge in [-0.15, -0.1) is 5.10 Å². The Balaban J connectivity index is 2.13. The molecule has 0 atom stereocenters. The Morgan fingerprint density at radius 3 is 2.50 bits per heavy atom. The lowest BCUT2D eigenvalue weighted by atomic mass is 9.96. The summed E-state index contributed by atoms with van der Waals surface area (Å²) in [6, 6.07) is 0.297. The van der Waals surface area contributed by atoms with E-state index < -0.39 is 0 Å². The third-order valence-corrected chi connectivity index (χ3v) is 3.74. The fourth-order valence-electron chi connectivity index (χ4n) is 2.51. The van der Waals surface area contributed by atoms with E-state index in [4.69, 9.17) is 0 Å². The Morgan fingerprint density at radius 2 is 2.00 bits per heavy atom. The van der Waals surface area contributed by atoms with Crippen LogP contribution in [0.2, 0.25) is 0 Å². The predicted molar refractivity (Wildman–Crippen MR) is 77.7 cm³/mol. The van der Waals surface area contributed by atoms with Gasteiger partial charge in [-0.2, -0.15) is 0 Å². The number of carbonyl (C=O) groups is 1. The van der Waals surface area contributed by atoms with Crippen LogP contribution in [0.3, 0.4) is 0 Å². The minimum atomic E-state index is -0.128. The van der Waals surface area contributed by atoms with Crippen LogP contribution in [-0.4, -0.2) is 51.7 Å². The van der Waals surface area contributed by atoms with Crippen molar-refractivity contribution in [2.45, 2.75) is 52.0 Å². The summed E-state index contributed by atoms with van der Waals surface area (Å²) in [5.74, 6) is 0.976. The molecule has 0 spiro atoms. The van der Waals surface area contributed by atoms with Gasteiger partial charge in [0.2, 0.25) is 5.82 Å². The molecule has 1 aliphatic rings. The lowest BCUT2D eigenvalue weighted by molar-refractivity contribution is 0.0644. The van der Waals surface area contributed by atoms with Gasteiger partial charge in [-0.25, -0.2) is 4.98 Å². The van der Waals surface area contributed by atoms with Crippen LogP contribution in [0.4, 0.5) is 0 Å². The number of carbonyl (C=O) groups excluding carboxylic acids is 1. The normalized spacial score (nSPS) is 17.2. The van der Waals surface area contributed by atoms with E-state index >= 15 is 0 Å². The van der Waals surface area contributed by atoms with Gasteiger partial charge in [0.25, 0.3) is 5.91 Å². The second-order valence-corrected chi connectivity index (χ2v) is 6.33. The number of aromatic amines is 1. The molecule has 6 heteroatoms. The van der Waals surface area contributed by atoms with Crippen molar-refractivity contribution in [2.75, 3.05) is 19.6 Å². The largest absolute Gasteiger partial charge is 0.333 e. The Kier molecular flexibility index (Phi) is 4.42. The number of hydrogen-bond donors (Lipinski definition) is 2. The Morgan fingerprint density at radius 1 is 1.35 bits per heavy atom. The summed E-state index contributed by atoms with van der Waals surface area (Å²) >= 11 is 0. The number of hydrogen-bond acceptors (Lipinski definition) is 4. The number of nitrogens with one attached hydrogen (secondary N) is 2. The van der Waals surface area contributed by atoms with Crippen LogP contribution >= 0.6 is 0 Å². The highest BCUT2D eigenvalue weighted by Gasteiger charge is 2.28. The van der Waals surface area contributed by atoms with Gasteiger partial charge < -0.3 is 10.2 Å². The first-order valence-electron chi connectivity index (χ1n) is 7.38. The monoisotopic (exact) mass is 279 g/mol. The maximum absolute atomic E-state index is 12.6. The zero-order valence-electron chi connectivity index (χ0n) is 12.9. The van der Waals surface area contributed by atoms with E-state index in [1.54, 1.807) is 0 Å². The van der Waals surface area contributed by atoms with E-state index in [0.717, 1.165) is 31.8 Å². The lowest BCUT2D eigenvalue weighted by Crippen LogP contribution is -2.46. The van der Waals surface area contributed by atoms with Gasteiger partial charge >= 0.3 is 0 Å². The Bertz CT molecular complexity index is 456. The fraction of sp³-hybridized carbons (Fsp3) is 0.786. The summed E-state index contributed by atoms with van der Waals surface area (Å²) in [6.07, 6.45) is 1.99. The maximum Gasteiger partial charge on any atom is 0.293 e. The van der Waals surface area contributed by atoms with Crippen LogP contribution in [0.5, 0.6) is 0 Å². The fourth-order valence-corrected chi connectivity index (χ4v) is 2.51. The number of amides is 1. The molecular weight excluding hydrogens is 254 g/mol. The molecule has 1 aromatic rings. The highest BCUT2D eigenvalue weighted by atomic mass is 16.2. The number of rotatable bonds is 3. The van der Waals surface area contributed by atoms with Gasteiger partial charge in [0, 0.05) is 18.0 Å². The molecule has 1 aliphatic heterocycles. The average Bonchev–Trinajstić information content (AvgIpc) is 2.90. The molecule has 20 heavy (non-hydrogen) atoms. The van der Waals surface area contributed by atoms with Gasteiger partial charge in [0.05, 0.1) is 0 Å². The molecule has 112 valence electrons. The second-order valence-electron chi connectivity index (χ2n) is 6.33. The topological polar surface area (TPSA) is 73.9 Å². The first-order chi connectivity index (χ1) is 9.43. The number of H-pyrrole nitrogens is 1. The molecule has 0 aliphatic carbocycles. The predicted octanol–water partition coefficient (Wildman–Crippen LogP) is 1.32. The van der Waals surface area contributed by atoms with E-state index in [-0.39, 0.29) is 17.1 Å². The van der Waals surface area contributed by atoms with Crippen LogP contribution in [0.15, 0.2) is 0 Å². The molecule has 1 amide bonds. The van der Waals surface area contributed by atoms with E-state index in [0.29, 0.717) is 12.6 Å². The van der Waals surface area contributed by atoms with Crippen molar-refractivity contribution < 1.29 is 4.79 Å². The standard InChI is InChI=1S/C14H25N5O/c1-5-19(10-6-8-15-9-7-10)12(20)11-16-13(18-17-11)14(2,3)4/h10,15H,5-9H2,1-4H3,(H,16,17,18). The van der Waals surface area contributed by atoms with Crippen molar-refractivity contribution >= 4 is 5.91 Å². The van der Waals surface area contributed by atoms with Crippen LogP contribution in [0.25, 0.3) is 0 Å². The molecule has 1 fully saturated rings. The Hall–Kier alpha value is -1.43. The molecular formula is C14H25N5O. The van der Waals surface area contributed by atoms with Gasteiger partial charge in [-0.3, -0.25) is 9.89 Å². The summed E-state index contributed by atoms with van der Waals surface area (Å²) in [7, 11) is 0. The summed E-state index contributed by atoms with van der Waals surface area (Å²) in [6.45, 7) is 10.8. The molecule has 2 heterocycles. The van der Waals surface area contributed by atoms with Gasteiger partial charge in [0.15, 0.2) is 0 Å². The van der Waals surface area contributed by atoms with E-state index in [2.05, 4.69) is 20.5 Å². The molecule has 2 rings (SSSR count). The third kappa shape index (κ3) is 3.17. The molecule has 2 N–H and O–H groups in total. The first-order valence-corrected chi connectivity index (χ1v) is 7.38. The zero-order chi connectivity index (χ0) is 14.8. The highest BCUT2D eigenvalue weighted by Crippen LogP contribution is 2.19. The van der Waals surface area contributed by atoms with Crippen molar-refractivity contribution in [3.8, 4) is 0 Å². The van der Waals surface area contributed by atoms with Crippen molar-refractivity contribution in [3.63, 3.8) is 0 Å². The van der Waals surface area contributed by atoms with Gasteiger partial charge in [-0.05, 0) is 32.9 Å². The summed E-state index contributed by atoms with van der Waals surface area (Å²) in [5, 5.41) is 10.3. The quantitative estimate of drug-likeness (QED) is 0.875. The molecule has 0 radical (unpaired) electrons. The third-order valence-electron chi connectivity index (χ3n) is 3.74. The van der Waals surface area contributed by atoms with E-state index in [1.807, 2.05) is 32.6 Å². The van der Waals surface area contributed by atoms with Crippen molar-refractivity contribution in [1.29, 1.82) is 0 Å². The molecule has 0 unspecified atom stereocenters. The Labute approximate surface area is 120 Å². The van der Waals surface area contributed by atoms with Crippen molar-refractivity contribution in [1.82, 2.24) is 25.4 Å². The van der Waals surface area contributed by atoms with Gasteiger partial charge in [-0.1, -0.05) is 20.8 Å². The molecule has 1 saturated heterocycles. The minimum Gasteiger partial charge on any atom is -0.333 e. The summed E-state index contributed by atoms with van der Waals surface area (Å²) in [4.78, 5) is 18.8. The lowest BCUT2D eigenvalue weighted by Gasteiger charge is -2.33. The summed E-state index contributed by atoms with van der Waals surface area (Å²) < 4.78 is 0. The molecule has 6 nitrogen and oxygen atoms in total. The van der Waals surface area contributed by atoms with E-state index in [9.17, 15) is 4.79 Å². The average molecular weight is 279 g/mol. The highest BCUT2D eigenvalue weighted by molar-refractivity contribution is 5.90. The van der Waals surface area contributed by atoms with Gasteiger partial charge in [0.1, 0.15) is 5.82 Å². The number of nitrogens with zero attached hydrogens (tertiary/aromatic N) is 3. The first kappa shape index (κ1) is 15.0. The molecule has 0 saturated carbocycles. The maximum atomic E-state index is 12.6. The van der Waals surface area contributed by atoms with Crippen LogP contribution in [-0.2, 0) is 5.41 Å². The minimum absolute atomic E-state index is 0.0637. The van der Waals surface area contributed by atoms with Crippen LogP contribution in [0, 0.1) is 0 Å². The number of piperidine rings is 1. The summed E-state index contributed by atoms with van der Waals surface area (Å²) in [5.41, 5.74) is -0.128. The smallest absolute Gasteiger partial charge is 0.293 e. The molecule has 0 bridgehead atoms. The van der Waals surface area contributed by atoms with E-state index in [1.165, 1.54) is 0 Å². The van der Waals surface area contributed by atoms with Crippen LogP contribution in [0.1, 0.15) is 57.0 Å². The van der Waals surface area contributed by atoms with Crippen molar-refractivity contribution in [3.05, 3.63) is 11.6 Å². The molecule has 0 aromatic carbocycles. The SMILES string of the molecule is CCN(C(=O)c1n[nH]c(C(C)(C)C)n1)C1CCNCC1. The molecule has 1 aromatic heterocycles.